The minimum Gasteiger partial charge on any atom is -0.465 e. The zero-order valence-corrected chi connectivity index (χ0v) is 17.4. The van der Waals surface area contributed by atoms with Gasteiger partial charge in [0, 0.05) is 0 Å². The Labute approximate surface area is 160 Å². The molecule has 2 heteroatoms. The lowest BCUT2D eigenvalue weighted by Crippen LogP contribution is -2.31. The van der Waals surface area contributed by atoms with Gasteiger partial charge in [-0.2, -0.15) is 0 Å². The van der Waals surface area contributed by atoms with E-state index in [4.69, 9.17) is 4.74 Å². The number of hydrogen-bond donors (Lipinski definition) is 0. The molecule has 0 heterocycles. The van der Waals surface area contributed by atoms with E-state index in [1.54, 1.807) is 0 Å². The molecule has 0 radical (unpaired) electrons. The van der Waals surface area contributed by atoms with Crippen molar-refractivity contribution in [3.8, 4) is 0 Å². The number of rotatable bonds is 9. The predicted molar refractivity (Wildman–Crippen MR) is 109 cm³/mol. The van der Waals surface area contributed by atoms with Gasteiger partial charge in [0.15, 0.2) is 0 Å². The number of benzene rings is 1. The summed E-state index contributed by atoms with van der Waals surface area (Å²) in [4.78, 5) is 12.7. The number of ether oxygens (including phenoxy) is 1. The van der Waals surface area contributed by atoms with E-state index in [9.17, 15) is 4.79 Å². The van der Waals surface area contributed by atoms with Crippen LogP contribution in [0.3, 0.4) is 0 Å². The summed E-state index contributed by atoms with van der Waals surface area (Å²) in [7, 11) is 0. The van der Waals surface area contributed by atoms with Gasteiger partial charge in [0.05, 0.1) is 12.0 Å². The third kappa shape index (κ3) is 5.86. The van der Waals surface area contributed by atoms with Gasteiger partial charge >= 0.3 is 5.97 Å². The minimum absolute atomic E-state index is 0.0168. The molecule has 26 heavy (non-hydrogen) atoms. The van der Waals surface area contributed by atoms with Gasteiger partial charge < -0.3 is 4.74 Å². The fourth-order valence-electron chi connectivity index (χ4n) is 4.10. The lowest BCUT2D eigenvalue weighted by Gasteiger charge is -2.30. The Kier molecular flexibility index (Phi) is 7.73. The van der Waals surface area contributed by atoms with E-state index in [0.29, 0.717) is 12.5 Å². The zero-order valence-electron chi connectivity index (χ0n) is 17.4. The van der Waals surface area contributed by atoms with E-state index in [0.717, 1.165) is 25.7 Å². The quantitative estimate of drug-likeness (QED) is 0.460. The number of carbonyl (C=O) groups excluding carboxylic acids is 1. The van der Waals surface area contributed by atoms with Gasteiger partial charge in [0.2, 0.25) is 0 Å². The first kappa shape index (κ1) is 21.0. The van der Waals surface area contributed by atoms with Crippen molar-refractivity contribution in [2.24, 2.45) is 11.3 Å². The Morgan fingerprint density at radius 1 is 1.04 bits per heavy atom. The maximum atomic E-state index is 12.7. The van der Waals surface area contributed by atoms with Gasteiger partial charge in [0.25, 0.3) is 0 Å². The van der Waals surface area contributed by atoms with Gasteiger partial charge in [-0.1, -0.05) is 76.8 Å². The Balaban J connectivity index is 1.83. The summed E-state index contributed by atoms with van der Waals surface area (Å²) in [5.41, 5.74) is 1.17. The molecule has 0 N–H and O–H groups in total. The fourth-order valence-corrected chi connectivity index (χ4v) is 4.10. The Morgan fingerprint density at radius 2 is 1.69 bits per heavy atom. The molecule has 1 aliphatic rings. The molecule has 0 spiro atoms. The maximum absolute atomic E-state index is 12.7. The molecule has 146 valence electrons. The van der Waals surface area contributed by atoms with Crippen LogP contribution in [0, 0.1) is 11.3 Å². The molecule has 1 atom stereocenters. The maximum Gasteiger partial charge on any atom is 0.311 e. The number of hydrogen-bond acceptors (Lipinski definition) is 2. The SMILES string of the molecule is CCC(C)(CCCC(C)(C)c1ccccc1)C(=O)OCC1CCCCC1. The topological polar surface area (TPSA) is 26.3 Å². The Bertz CT molecular complexity index is 543. The van der Waals surface area contributed by atoms with Gasteiger partial charge in [0.1, 0.15) is 0 Å². The molecule has 1 unspecified atom stereocenters. The van der Waals surface area contributed by atoms with Crippen molar-refractivity contribution in [2.75, 3.05) is 6.61 Å². The third-order valence-electron chi connectivity index (χ3n) is 6.53. The second-order valence-corrected chi connectivity index (χ2v) is 9.12. The van der Waals surface area contributed by atoms with Crippen LogP contribution >= 0.6 is 0 Å². The lowest BCUT2D eigenvalue weighted by atomic mass is 9.76. The second kappa shape index (κ2) is 9.58. The predicted octanol–water partition coefficient (Wildman–Crippen LogP) is 6.67. The van der Waals surface area contributed by atoms with E-state index in [1.807, 2.05) is 0 Å². The normalized spacial score (nSPS) is 18.3. The van der Waals surface area contributed by atoms with Crippen LogP contribution in [-0.4, -0.2) is 12.6 Å². The monoisotopic (exact) mass is 358 g/mol. The van der Waals surface area contributed by atoms with E-state index in [-0.39, 0.29) is 16.8 Å². The van der Waals surface area contributed by atoms with Crippen molar-refractivity contribution < 1.29 is 9.53 Å². The van der Waals surface area contributed by atoms with E-state index in [2.05, 4.69) is 58.0 Å². The van der Waals surface area contributed by atoms with Gasteiger partial charge in [-0.05, 0) is 55.9 Å². The molecule has 2 nitrogen and oxygen atoms in total. The van der Waals surface area contributed by atoms with Crippen molar-refractivity contribution in [3.63, 3.8) is 0 Å². The summed E-state index contributed by atoms with van der Waals surface area (Å²) < 4.78 is 5.77. The summed E-state index contributed by atoms with van der Waals surface area (Å²) in [6.07, 6.45) is 10.3. The van der Waals surface area contributed by atoms with Crippen LogP contribution in [-0.2, 0) is 14.9 Å². The molecule has 1 saturated carbocycles. The van der Waals surface area contributed by atoms with Crippen molar-refractivity contribution >= 4 is 5.97 Å². The molecule has 0 amide bonds. The summed E-state index contributed by atoms with van der Waals surface area (Å²) in [6.45, 7) is 9.43. The van der Waals surface area contributed by atoms with E-state index in [1.165, 1.54) is 37.7 Å². The zero-order chi connectivity index (χ0) is 19.0. The molecule has 1 aromatic carbocycles. The first-order valence-corrected chi connectivity index (χ1v) is 10.6. The minimum atomic E-state index is -0.346. The molecular weight excluding hydrogens is 320 g/mol. The molecule has 2 rings (SSSR count). The molecule has 1 aliphatic carbocycles. The van der Waals surface area contributed by atoms with Crippen molar-refractivity contribution in [2.45, 2.75) is 90.9 Å². The molecular formula is C24H38O2. The van der Waals surface area contributed by atoms with Gasteiger partial charge in [-0.15, -0.1) is 0 Å². The summed E-state index contributed by atoms with van der Waals surface area (Å²) in [5, 5.41) is 0. The molecule has 0 aliphatic heterocycles. The first-order chi connectivity index (χ1) is 12.4. The number of esters is 1. The van der Waals surface area contributed by atoms with Crippen LogP contribution in [0.2, 0.25) is 0 Å². The number of carbonyl (C=O) groups is 1. The van der Waals surface area contributed by atoms with Crippen LogP contribution in [0.4, 0.5) is 0 Å². The highest BCUT2D eigenvalue weighted by atomic mass is 16.5. The van der Waals surface area contributed by atoms with Gasteiger partial charge in [-0.3, -0.25) is 4.79 Å². The van der Waals surface area contributed by atoms with Crippen LogP contribution in [0.5, 0.6) is 0 Å². The summed E-state index contributed by atoms with van der Waals surface area (Å²) in [5.74, 6) is 0.605. The summed E-state index contributed by atoms with van der Waals surface area (Å²) >= 11 is 0. The highest BCUT2D eigenvalue weighted by Gasteiger charge is 2.34. The molecule has 0 bridgehead atoms. The van der Waals surface area contributed by atoms with Crippen LogP contribution < -0.4 is 0 Å². The standard InChI is InChI=1S/C24H38O2/c1-5-24(4,22(25)26-19-20-13-8-6-9-14-20)18-12-17-23(2,3)21-15-10-7-11-16-21/h7,10-11,15-16,20H,5-6,8-9,12-14,17-19H2,1-4H3. The highest BCUT2D eigenvalue weighted by Crippen LogP contribution is 2.35. The van der Waals surface area contributed by atoms with Crippen molar-refractivity contribution in [1.29, 1.82) is 0 Å². The lowest BCUT2D eigenvalue weighted by molar-refractivity contribution is -0.157. The average Bonchev–Trinajstić information content (AvgIpc) is 2.67. The Hall–Kier alpha value is -1.31. The van der Waals surface area contributed by atoms with E-state index >= 15 is 0 Å². The van der Waals surface area contributed by atoms with Crippen LogP contribution in [0.1, 0.15) is 91.0 Å². The highest BCUT2D eigenvalue weighted by molar-refractivity contribution is 5.76. The molecule has 0 aromatic heterocycles. The fraction of sp³-hybridized carbons (Fsp3) is 0.708. The van der Waals surface area contributed by atoms with Crippen LogP contribution in [0.15, 0.2) is 30.3 Å². The summed E-state index contributed by atoms with van der Waals surface area (Å²) in [6, 6.07) is 10.7. The smallest absolute Gasteiger partial charge is 0.311 e. The molecule has 1 fully saturated rings. The van der Waals surface area contributed by atoms with Gasteiger partial charge in [-0.25, -0.2) is 0 Å². The van der Waals surface area contributed by atoms with Crippen molar-refractivity contribution in [3.05, 3.63) is 35.9 Å². The third-order valence-corrected chi connectivity index (χ3v) is 6.53. The first-order valence-electron chi connectivity index (χ1n) is 10.6. The largest absolute Gasteiger partial charge is 0.465 e. The molecule has 1 aromatic rings. The van der Waals surface area contributed by atoms with Crippen LogP contribution in [0.25, 0.3) is 0 Å². The van der Waals surface area contributed by atoms with Crippen molar-refractivity contribution in [1.82, 2.24) is 0 Å². The molecule has 0 saturated heterocycles. The Morgan fingerprint density at radius 3 is 2.31 bits per heavy atom. The average molecular weight is 359 g/mol. The van der Waals surface area contributed by atoms with E-state index < -0.39 is 0 Å². The second-order valence-electron chi connectivity index (χ2n) is 9.12.